The first kappa shape index (κ1) is 21.6. The normalized spacial score (nSPS) is 18.7. The number of amides is 4. The molecule has 1 aromatic carbocycles. The predicted octanol–water partition coefficient (Wildman–Crippen LogP) is 1.29. The summed E-state index contributed by atoms with van der Waals surface area (Å²) in [7, 11) is 1.60. The van der Waals surface area contributed by atoms with Gasteiger partial charge < -0.3 is 19.9 Å². The molecule has 1 aromatic heterocycles. The topological polar surface area (TPSA) is 95.1 Å². The lowest BCUT2D eigenvalue weighted by molar-refractivity contribution is -0.136. The number of hydrogen-bond donors (Lipinski definition) is 1. The monoisotopic (exact) mass is 437 g/mol. The Morgan fingerprint density at radius 3 is 2.50 bits per heavy atom. The number of piperazine rings is 1. The Bertz CT molecular complexity index is 958. The minimum absolute atomic E-state index is 0.0206. The van der Waals surface area contributed by atoms with Gasteiger partial charge in [0.2, 0.25) is 5.91 Å². The first-order valence-corrected chi connectivity index (χ1v) is 10.7. The number of aromatic nitrogens is 1. The number of methoxy groups -OCH3 is 1. The number of benzene rings is 1. The van der Waals surface area contributed by atoms with Crippen molar-refractivity contribution in [3.63, 3.8) is 0 Å². The van der Waals surface area contributed by atoms with Gasteiger partial charge in [0.1, 0.15) is 17.6 Å². The number of rotatable bonds is 7. The van der Waals surface area contributed by atoms with Gasteiger partial charge in [-0.05, 0) is 36.2 Å². The van der Waals surface area contributed by atoms with Crippen molar-refractivity contribution in [1.29, 1.82) is 0 Å². The maximum absolute atomic E-state index is 12.8. The fraction of sp³-hybridized carbons (Fsp3) is 0.391. The van der Waals surface area contributed by atoms with Crippen molar-refractivity contribution >= 4 is 23.7 Å². The van der Waals surface area contributed by atoms with Crippen LogP contribution in [0.5, 0.6) is 5.75 Å². The molecular weight excluding hydrogens is 410 g/mol. The van der Waals surface area contributed by atoms with E-state index in [1.165, 1.54) is 4.90 Å². The quantitative estimate of drug-likeness (QED) is 0.656. The molecule has 3 heterocycles. The molecule has 2 aromatic rings. The number of nitrogens with zero attached hydrogens (tertiary/aromatic N) is 4. The molecule has 4 amide bonds. The summed E-state index contributed by atoms with van der Waals surface area (Å²) in [4.78, 5) is 47.2. The highest BCUT2D eigenvalue weighted by molar-refractivity contribution is 6.05. The molecule has 2 aliphatic rings. The zero-order valence-corrected chi connectivity index (χ0v) is 18.1. The molecule has 1 N–H and O–H groups in total. The molecular formula is C23H27N5O4. The minimum Gasteiger partial charge on any atom is -0.497 e. The fourth-order valence-corrected chi connectivity index (χ4v) is 3.99. The van der Waals surface area contributed by atoms with Gasteiger partial charge >= 0.3 is 6.03 Å². The molecule has 0 spiro atoms. The van der Waals surface area contributed by atoms with Crippen LogP contribution < -0.4 is 15.0 Å². The molecule has 1 atom stereocenters. The highest BCUT2D eigenvalue weighted by Crippen LogP contribution is 2.17. The van der Waals surface area contributed by atoms with Crippen LogP contribution in [0.1, 0.15) is 12.0 Å². The van der Waals surface area contributed by atoms with E-state index in [1.807, 2.05) is 42.5 Å². The summed E-state index contributed by atoms with van der Waals surface area (Å²) < 4.78 is 5.14. The summed E-state index contributed by atoms with van der Waals surface area (Å²) >= 11 is 0. The number of nitrogens with one attached hydrogen (secondary N) is 1. The van der Waals surface area contributed by atoms with Crippen molar-refractivity contribution < 1.29 is 19.1 Å². The lowest BCUT2D eigenvalue weighted by atomic mass is 10.1. The Morgan fingerprint density at radius 1 is 1.09 bits per heavy atom. The molecule has 4 rings (SSSR count). The Kier molecular flexibility index (Phi) is 6.53. The van der Waals surface area contributed by atoms with Crippen LogP contribution in [0.15, 0.2) is 48.7 Å². The highest BCUT2D eigenvalue weighted by atomic mass is 16.5. The van der Waals surface area contributed by atoms with Gasteiger partial charge in [0.15, 0.2) is 0 Å². The zero-order chi connectivity index (χ0) is 22.5. The average molecular weight is 438 g/mol. The van der Waals surface area contributed by atoms with Gasteiger partial charge in [-0.15, -0.1) is 0 Å². The number of hydrogen-bond acceptors (Lipinski definition) is 6. The number of urea groups is 1. The van der Waals surface area contributed by atoms with E-state index in [-0.39, 0.29) is 24.8 Å². The van der Waals surface area contributed by atoms with Gasteiger partial charge in [-0.25, -0.2) is 9.78 Å². The smallest absolute Gasteiger partial charge is 0.324 e. The van der Waals surface area contributed by atoms with E-state index in [2.05, 4.69) is 15.2 Å². The van der Waals surface area contributed by atoms with Crippen LogP contribution in [0, 0.1) is 0 Å². The van der Waals surface area contributed by atoms with Crippen molar-refractivity contribution in [3.8, 4) is 5.75 Å². The van der Waals surface area contributed by atoms with E-state index in [9.17, 15) is 14.4 Å². The van der Waals surface area contributed by atoms with Crippen LogP contribution in [-0.2, 0) is 16.0 Å². The number of carbonyl (C=O) groups is 3. The molecule has 2 aliphatic heterocycles. The van der Waals surface area contributed by atoms with Crippen molar-refractivity contribution in [2.45, 2.75) is 18.9 Å². The van der Waals surface area contributed by atoms with Crippen molar-refractivity contribution in [3.05, 3.63) is 54.2 Å². The van der Waals surface area contributed by atoms with E-state index >= 15 is 0 Å². The van der Waals surface area contributed by atoms with Crippen molar-refractivity contribution in [2.75, 3.05) is 44.7 Å². The fourth-order valence-electron chi connectivity index (χ4n) is 3.99. The molecule has 0 saturated carbocycles. The van der Waals surface area contributed by atoms with Crippen LogP contribution in [0.2, 0.25) is 0 Å². The van der Waals surface area contributed by atoms with Gasteiger partial charge in [0.05, 0.1) is 13.5 Å². The third-order valence-electron chi connectivity index (χ3n) is 5.87. The zero-order valence-electron chi connectivity index (χ0n) is 18.1. The van der Waals surface area contributed by atoms with E-state index in [1.54, 1.807) is 18.2 Å². The maximum atomic E-state index is 12.8. The molecule has 0 bridgehead atoms. The molecule has 9 nitrogen and oxygen atoms in total. The van der Waals surface area contributed by atoms with Crippen LogP contribution in [0.4, 0.5) is 10.6 Å². The molecule has 2 fully saturated rings. The van der Waals surface area contributed by atoms with E-state index in [0.717, 1.165) is 17.1 Å². The molecule has 9 heteroatoms. The van der Waals surface area contributed by atoms with Crippen LogP contribution in [0.3, 0.4) is 0 Å². The predicted molar refractivity (Wildman–Crippen MR) is 118 cm³/mol. The summed E-state index contributed by atoms with van der Waals surface area (Å²) in [6, 6.07) is 12.0. The summed E-state index contributed by atoms with van der Waals surface area (Å²) in [5, 5.41) is 2.66. The standard InChI is InChI=1S/C23H27N5O4/c1-32-18-7-5-17(6-8-18)9-11-28-22(30)19(25-23(28)31)16-21(29)27-14-12-26(13-15-27)20-4-2-3-10-24-20/h2-8,10,19H,9,11-16H2,1H3,(H,25,31)/t19-/m1/s1. The Morgan fingerprint density at radius 2 is 1.84 bits per heavy atom. The third kappa shape index (κ3) is 4.82. The summed E-state index contributed by atoms with van der Waals surface area (Å²) in [5.74, 6) is 1.18. The molecule has 168 valence electrons. The van der Waals surface area contributed by atoms with E-state index in [0.29, 0.717) is 32.6 Å². The van der Waals surface area contributed by atoms with Crippen molar-refractivity contribution in [1.82, 2.24) is 20.1 Å². The van der Waals surface area contributed by atoms with Gasteiger partial charge in [-0.3, -0.25) is 14.5 Å². The number of anilines is 1. The highest BCUT2D eigenvalue weighted by Gasteiger charge is 2.39. The minimum atomic E-state index is -0.806. The first-order valence-electron chi connectivity index (χ1n) is 10.7. The van der Waals surface area contributed by atoms with Gasteiger partial charge in [0.25, 0.3) is 5.91 Å². The van der Waals surface area contributed by atoms with Crippen molar-refractivity contribution in [2.24, 2.45) is 0 Å². The second-order valence-corrected chi connectivity index (χ2v) is 7.85. The summed E-state index contributed by atoms with van der Waals surface area (Å²) in [6.07, 6.45) is 2.27. The second-order valence-electron chi connectivity index (χ2n) is 7.85. The lowest BCUT2D eigenvalue weighted by Crippen LogP contribution is -2.50. The molecule has 0 radical (unpaired) electrons. The largest absolute Gasteiger partial charge is 0.497 e. The van der Waals surface area contributed by atoms with E-state index in [4.69, 9.17) is 4.74 Å². The molecule has 0 aliphatic carbocycles. The van der Waals surface area contributed by atoms with Gasteiger partial charge in [-0.2, -0.15) is 0 Å². The second kappa shape index (κ2) is 9.67. The van der Waals surface area contributed by atoms with E-state index < -0.39 is 12.1 Å². The summed E-state index contributed by atoms with van der Waals surface area (Å²) in [6.45, 7) is 2.75. The number of carbonyl (C=O) groups excluding carboxylic acids is 3. The Hall–Kier alpha value is -3.62. The maximum Gasteiger partial charge on any atom is 0.324 e. The number of imide groups is 1. The summed E-state index contributed by atoms with van der Waals surface area (Å²) in [5.41, 5.74) is 0.997. The van der Waals surface area contributed by atoms with Crippen LogP contribution in [0.25, 0.3) is 0 Å². The number of pyridine rings is 1. The number of ether oxygens (including phenoxy) is 1. The molecule has 0 unspecified atom stereocenters. The van der Waals surface area contributed by atoms with Crippen LogP contribution >= 0.6 is 0 Å². The van der Waals surface area contributed by atoms with Gasteiger partial charge in [0, 0.05) is 38.9 Å². The Labute approximate surface area is 187 Å². The lowest BCUT2D eigenvalue weighted by Gasteiger charge is -2.35. The van der Waals surface area contributed by atoms with Gasteiger partial charge in [-0.1, -0.05) is 18.2 Å². The Balaban J connectivity index is 1.26. The third-order valence-corrected chi connectivity index (χ3v) is 5.87. The molecule has 32 heavy (non-hydrogen) atoms. The SMILES string of the molecule is COc1ccc(CCN2C(=O)N[C@H](CC(=O)N3CCN(c4ccccn4)CC3)C2=O)cc1. The molecule has 2 saturated heterocycles. The first-order chi connectivity index (χ1) is 15.5. The average Bonchev–Trinajstić information content (AvgIpc) is 3.10. The van der Waals surface area contributed by atoms with Crippen LogP contribution in [-0.4, -0.2) is 78.5 Å².